The Kier molecular flexibility index (Phi) is 6.29. The van der Waals surface area contributed by atoms with E-state index in [0.717, 1.165) is 39.2 Å². The SMILES string of the molecule is c1ccc(-c2cccc(-c3nc(-c4cccc5c4sc4ccccc45)cc(-n4c5ccccc5c5c6sc7ccccc7c6ccc54)n3)c2)cc1. The predicted molar refractivity (Wildman–Crippen MR) is 218 cm³/mol. The van der Waals surface area contributed by atoms with E-state index in [1.807, 2.05) is 22.7 Å². The summed E-state index contributed by atoms with van der Waals surface area (Å²) in [4.78, 5) is 10.8. The normalized spacial score (nSPS) is 11.9. The van der Waals surface area contributed by atoms with Crippen molar-refractivity contribution in [3.8, 4) is 39.6 Å². The fourth-order valence-electron chi connectivity index (χ4n) is 7.72. The van der Waals surface area contributed by atoms with Gasteiger partial charge in [0.15, 0.2) is 5.82 Å². The van der Waals surface area contributed by atoms with Crippen LogP contribution in [0.15, 0.2) is 164 Å². The average molecular weight is 686 g/mol. The van der Waals surface area contributed by atoms with Gasteiger partial charge in [-0.25, -0.2) is 9.97 Å². The lowest BCUT2D eigenvalue weighted by molar-refractivity contribution is 1.05. The van der Waals surface area contributed by atoms with E-state index < -0.39 is 0 Å². The first-order valence-electron chi connectivity index (χ1n) is 17.1. The van der Waals surface area contributed by atoms with Gasteiger partial charge in [-0.1, -0.05) is 127 Å². The van der Waals surface area contributed by atoms with Crippen molar-refractivity contribution < 1.29 is 0 Å². The topological polar surface area (TPSA) is 30.7 Å². The van der Waals surface area contributed by atoms with Crippen LogP contribution in [0.4, 0.5) is 0 Å². The van der Waals surface area contributed by atoms with Gasteiger partial charge in [0.05, 0.1) is 16.7 Å². The number of para-hydroxylation sites is 1. The van der Waals surface area contributed by atoms with Crippen molar-refractivity contribution in [3.63, 3.8) is 0 Å². The van der Waals surface area contributed by atoms with E-state index in [-0.39, 0.29) is 0 Å². The van der Waals surface area contributed by atoms with Crippen LogP contribution < -0.4 is 0 Å². The molecule has 11 rings (SSSR count). The summed E-state index contributed by atoms with van der Waals surface area (Å²) in [5.74, 6) is 1.55. The molecule has 4 aromatic heterocycles. The van der Waals surface area contributed by atoms with Gasteiger partial charge in [-0.15, -0.1) is 22.7 Å². The Bertz CT molecular complexity index is 3150. The molecule has 0 unspecified atom stereocenters. The Labute approximate surface area is 301 Å². The maximum absolute atomic E-state index is 5.41. The van der Waals surface area contributed by atoms with Crippen LogP contribution in [-0.4, -0.2) is 14.5 Å². The average Bonchev–Trinajstić information content (AvgIpc) is 3.88. The van der Waals surface area contributed by atoms with E-state index in [1.165, 1.54) is 56.7 Å². The summed E-state index contributed by atoms with van der Waals surface area (Å²) in [6.07, 6.45) is 0. The Morgan fingerprint density at radius 3 is 1.86 bits per heavy atom. The highest BCUT2D eigenvalue weighted by Crippen LogP contribution is 2.44. The quantitative estimate of drug-likeness (QED) is 0.185. The Balaban J connectivity index is 1.22. The number of fused-ring (bicyclic) bond motifs is 10. The van der Waals surface area contributed by atoms with Gasteiger partial charge in [-0.2, -0.15) is 0 Å². The molecule has 4 heterocycles. The lowest BCUT2D eigenvalue weighted by Gasteiger charge is -2.13. The fraction of sp³-hybridized carbons (Fsp3) is 0. The van der Waals surface area contributed by atoms with E-state index >= 15 is 0 Å². The van der Waals surface area contributed by atoms with Crippen molar-refractivity contribution in [2.45, 2.75) is 0 Å². The van der Waals surface area contributed by atoms with Crippen LogP contribution in [0, 0.1) is 0 Å². The van der Waals surface area contributed by atoms with Crippen LogP contribution in [0.25, 0.3) is 102 Å². The monoisotopic (exact) mass is 685 g/mol. The number of hydrogen-bond donors (Lipinski definition) is 0. The molecule has 238 valence electrons. The number of hydrogen-bond acceptors (Lipinski definition) is 4. The molecule has 0 N–H and O–H groups in total. The highest BCUT2D eigenvalue weighted by Gasteiger charge is 2.21. The highest BCUT2D eigenvalue weighted by molar-refractivity contribution is 7.27. The minimum Gasteiger partial charge on any atom is -0.294 e. The maximum Gasteiger partial charge on any atom is 0.162 e. The molecule has 0 fully saturated rings. The molecule has 0 bridgehead atoms. The van der Waals surface area contributed by atoms with E-state index in [2.05, 4.69) is 168 Å². The van der Waals surface area contributed by atoms with E-state index in [9.17, 15) is 0 Å². The van der Waals surface area contributed by atoms with Crippen LogP contribution in [0.5, 0.6) is 0 Å². The van der Waals surface area contributed by atoms with Gasteiger partial charge in [0.1, 0.15) is 5.82 Å². The lowest BCUT2D eigenvalue weighted by atomic mass is 10.0. The molecule has 0 saturated carbocycles. The zero-order valence-electron chi connectivity index (χ0n) is 27.2. The zero-order chi connectivity index (χ0) is 33.5. The first-order valence-corrected chi connectivity index (χ1v) is 18.7. The van der Waals surface area contributed by atoms with Crippen LogP contribution in [0.1, 0.15) is 0 Å². The number of aromatic nitrogens is 3. The molecular weight excluding hydrogens is 659 g/mol. The molecule has 0 saturated heterocycles. The molecule has 0 aliphatic carbocycles. The molecule has 0 amide bonds. The molecule has 0 atom stereocenters. The standard InChI is InChI=1S/C46H27N3S2/c1-2-12-28(13-3-1)29-14-10-15-30(26-29)46-47-37(35-20-11-19-33-31-16-5-8-22-40(31)50-44(33)35)27-42(48-46)49-38-21-7-4-18-36(38)43-39(49)25-24-34-32-17-6-9-23-41(32)51-45(34)43/h1-27H. The van der Waals surface area contributed by atoms with Crippen molar-refractivity contribution in [2.75, 3.05) is 0 Å². The van der Waals surface area contributed by atoms with Crippen molar-refractivity contribution in [1.82, 2.24) is 14.5 Å². The second-order valence-electron chi connectivity index (χ2n) is 12.9. The van der Waals surface area contributed by atoms with E-state index in [4.69, 9.17) is 9.97 Å². The minimum absolute atomic E-state index is 0.701. The molecule has 0 radical (unpaired) electrons. The maximum atomic E-state index is 5.41. The van der Waals surface area contributed by atoms with Gasteiger partial charge in [-0.3, -0.25) is 4.57 Å². The van der Waals surface area contributed by atoms with Crippen molar-refractivity contribution in [3.05, 3.63) is 164 Å². The molecule has 0 aliphatic heterocycles. The van der Waals surface area contributed by atoms with Crippen LogP contribution in [-0.2, 0) is 0 Å². The Morgan fingerprint density at radius 1 is 0.412 bits per heavy atom. The number of thiophene rings is 2. The molecule has 7 aromatic carbocycles. The summed E-state index contributed by atoms with van der Waals surface area (Å²) in [7, 11) is 0. The first-order chi connectivity index (χ1) is 25.3. The third kappa shape index (κ3) is 4.42. The molecule has 11 aromatic rings. The van der Waals surface area contributed by atoms with E-state index in [1.54, 1.807) is 0 Å². The summed E-state index contributed by atoms with van der Waals surface area (Å²) in [5, 5.41) is 7.62. The van der Waals surface area contributed by atoms with Crippen LogP contribution in [0.3, 0.4) is 0 Å². The third-order valence-electron chi connectivity index (χ3n) is 10.0. The van der Waals surface area contributed by atoms with Crippen LogP contribution in [0.2, 0.25) is 0 Å². The predicted octanol–water partition coefficient (Wildman–Crippen LogP) is 13.3. The third-order valence-corrected chi connectivity index (χ3v) is 12.5. The van der Waals surface area contributed by atoms with Gasteiger partial charge in [0.25, 0.3) is 0 Å². The molecule has 51 heavy (non-hydrogen) atoms. The molecule has 5 heteroatoms. The van der Waals surface area contributed by atoms with E-state index in [0.29, 0.717) is 5.82 Å². The largest absolute Gasteiger partial charge is 0.294 e. The van der Waals surface area contributed by atoms with Gasteiger partial charge in [0.2, 0.25) is 0 Å². The fourth-order valence-corrected chi connectivity index (χ4v) is 10.2. The van der Waals surface area contributed by atoms with Gasteiger partial charge in [0, 0.05) is 68.3 Å². The summed E-state index contributed by atoms with van der Waals surface area (Å²) < 4.78 is 7.47. The Hall–Kier alpha value is -6.14. The summed E-state index contributed by atoms with van der Waals surface area (Å²) in [5.41, 5.74) is 7.59. The van der Waals surface area contributed by atoms with Gasteiger partial charge in [-0.05, 0) is 41.5 Å². The molecule has 0 aliphatic rings. The summed E-state index contributed by atoms with van der Waals surface area (Å²) in [6, 6.07) is 58.6. The molecule has 0 spiro atoms. The molecular formula is C46H27N3S2. The number of benzene rings is 7. The lowest BCUT2D eigenvalue weighted by Crippen LogP contribution is -2.02. The second kappa shape index (κ2) is 11.2. The van der Waals surface area contributed by atoms with Crippen LogP contribution >= 0.6 is 22.7 Å². The zero-order valence-corrected chi connectivity index (χ0v) is 28.9. The number of nitrogens with zero attached hydrogens (tertiary/aromatic N) is 3. The first kappa shape index (κ1) is 28.7. The van der Waals surface area contributed by atoms with Gasteiger partial charge >= 0.3 is 0 Å². The second-order valence-corrected chi connectivity index (χ2v) is 15.1. The van der Waals surface area contributed by atoms with Gasteiger partial charge < -0.3 is 0 Å². The summed E-state index contributed by atoms with van der Waals surface area (Å²) in [6.45, 7) is 0. The number of rotatable bonds is 4. The van der Waals surface area contributed by atoms with Crippen molar-refractivity contribution in [1.29, 1.82) is 0 Å². The summed E-state index contributed by atoms with van der Waals surface area (Å²) >= 11 is 3.70. The minimum atomic E-state index is 0.701. The highest BCUT2D eigenvalue weighted by atomic mass is 32.1. The Morgan fingerprint density at radius 2 is 1.04 bits per heavy atom. The van der Waals surface area contributed by atoms with Crippen molar-refractivity contribution >= 4 is 84.8 Å². The smallest absolute Gasteiger partial charge is 0.162 e. The molecule has 3 nitrogen and oxygen atoms in total. The van der Waals surface area contributed by atoms with Crippen molar-refractivity contribution in [2.24, 2.45) is 0 Å².